The van der Waals surface area contributed by atoms with Gasteiger partial charge in [0.15, 0.2) is 0 Å². The summed E-state index contributed by atoms with van der Waals surface area (Å²) in [7, 11) is 0. The summed E-state index contributed by atoms with van der Waals surface area (Å²) in [6, 6.07) is 8.50. The number of likely N-dealkylation sites (tertiary alicyclic amines) is 1. The molecular formula is C23H29ClN2OS. The molecule has 0 radical (unpaired) electrons. The molecule has 1 N–H and O–H groups in total. The number of halogens is 1. The molecule has 4 rings (SSSR count). The molecule has 1 fully saturated rings. The normalized spacial score (nSPS) is 19.2. The molecule has 1 atom stereocenters. The molecule has 1 unspecified atom stereocenters. The van der Waals surface area contributed by atoms with Crippen LogP contribution < -0.4 is 5.32 Å². The minimum absolute atomic E-state index is 0.0157. The number of hydrogen-bond donors (Lipinski definition) is 1. The van der Waals surface area contributed by atoms with Crippen LogP contribution >= 0.6 is 22.9 Å². The lowest BCUT2D eigenvalue weighted by molar-refractivity contribution is -0.114. The Morgan fingerprint density at radius 2 is 1.86 bits per heavy atom. The Hall–Kier alpha value is -1.36. The molecule has 3 nitrogen and oxygen atoms in total. The maximum Gasteiger partial charge on any atom is 0.221 e. The summed E-state index contributed by atoms with van der Waals surface area (Å²) in [4.78, 5) is 16.0. The van der Waals surface area contributed by atoms with Crippen molar-refractivity contribution in [2.75, 3.05) is 18.4 Å². The number of nitrogens with one attached hydrogen (secondary N) is 1. The van der Waals surface area contributed by atoms with Gasteiger partial charge in [-0.15, -0.1) is 11.3 Å². The summed E-state index contributed by atoms with van der Waals surface area (Å²) < 4.78 is 0. The maximum atomic E-state index is 12.0. The van der Waals surface area contributed by atoms with E-state index in [9.17, 15) is 4.79 Å². The Bertz CT molecular complexity index is 837. The summed E-state index contributed by atoms with van der Waals surface area (Å²) in [5, 5.41) is 4.99. The second kappa shape index (κ2) is 8.56. The van der Waals surface area contributed by atoms with E-state index < -0.39 is 0 Å². The van der Waals surface area contributed by atoms with Crippen LogP contribution in [0.2, 0.25) is 5.02 Å². The number of rotatable bonds is 4. The summed E-state index contributed by atoms with van der Waals surface area (Å²) >= 11 is 7.99. The highest BCUT2D eigenvalue weighted by Crippen LogP contribution is 2.46. The fraction of sp³-hybridized carbons (Fsp3) is 0.522. The molecule has 150 valence electrons. The number of fused-ring (bicyclic) bond motifs is 1. The fourth-order valence-electron chi connectivity index (χ4n) is 4.62. The third-order valence-corrected chi connectivity index (χ3v) is 7.62. The van der Waals surface area contributed by atoms with Gasteiger partial charge in [-0.25, -0.2) is 0 Å². The van der Waals surface area contributed by atoms with Gasteiger partial charge in [0.05, 0.1) is 6.04 Å². The van der Waals surface area contributed by atoms with E-state index in [0.29, 0.717) is 0 Å². The van der Waals surface area contributed by atoms with Gasteiger partial charge in [-0.3, -0.25) is 9.69 Å². The van der Waals surface area contributed by atoms with Gasteiger partial charge in [0.1, 0.15) is 5.00 Å². The molecule has 0 spiro atoms. The van der Waals surface area contributed by atoms with Crippen LogP contribution in [0.15, 0.2) is 24.3 Å². The molecule has 2 aliphatic rings. The Morgan fingerprint density at radius 1 is 1.18 bits per heavy atom. The molecule has 2 heterocycles. The predicted octanol–water partition coefficient (Wildman–Crippen LogP) is 6.06. The summed E-state index contributed by atoms with van der Waals surface area (Å²) in [6.45, 7) is 6.16. The topological polar surface area (TPSA) is 32.3 Å². The smallest absolute Gasteiger partial charge is 0.221 e. The van der Waals surface area contributed by atoms with E-state index >= 15 is 0 Å². The summed E-state index contributed by atoms with van der Waals surface area (Å²) in [5.41, 5.74) is 4.10. The summed E-state index contributed by atoms with van der Waals surface area (Å²) in [5.74, 6) is 0.801. The van der Waals surface area contributed by atoms with Gasteiger partial charge in [0.2, 0.25) is 5.91 Å². The average molecular weight is 417 g/mol. The van der Waals surface area contributed by atoms with Gasteiger partial charge in [-0.1, -0.05) is 30.7 Å². The number of carbonyl (C=O) groups excluding carboxylic acids is 1. The van der Waals surface area contributed by atoms with Crippen molar-refractivity contribution in [1.82, 2.24) is 4.90 Å². The number of aryl methyl sites for hydroxylation is 1. The van der Waals surface area contributed by atoms with Crippen LogP contribution in [0.1, 0.15) is 67.1 Å². The minimum atomic E-state index is 0.0157. The molecule has 28 heavy (non-hydrogen) atoms. The number of carbonyl (C=O) groups is 1. The van der Waals surface area contributed by atoms with Crippen molar-refractivity contribution in [2.24, 2.45) is 5.92 Å². The third-order valence-electron chi connectivity index (χ3n) is 6.14. The summed E-state index contributed by atoms with van der Waals surface area (Å²) in [6.07, 6.45) is 7.20. The lowest BCUT2D eigenvalue weighted by Crippen LogP contribution is -2.37. The number of anilines is 1. The quantitative estimate of drug-likeness (QED) is 0.656. The van der Waals surface area contributed by atoms with Crippen molar-refractivity contribution in [1.29, 1.82) is 0 Å². The van der Waals surface area contributed by atoms with Crippen LogP contribution in [0.4, 0.5) is 5.00 Å². The van der Waals surface area contributed by atoms with Crippen LogP contribution in [-0.2, 0) is 17.6 Å². The Morgan fingerprint density at radius 3 is 2.54 bits per heavy atom. The number of thiophene rings is 1. The zero-order valence-corrected chi connectivity index (χ0v) is 18.3. The van der Waals surface area contributed by atoms with E-state index in [2.05, 4.69) is 29.3 Å². The van der Waals surface area contributed by atoms with E-state index in [1.165, 1.54) is 47.3 Å². The van der Waals surface area contributed by atoms with Crippen molar-refractivity contribution in [2.45, 2.75) is 58.4 Å². The van der Waals surface area contributed by atoms with Crippen molar-refractivity contribution in [3.8, 4) is 0 Å². The number of nitrogens with zero attached hydrogens (tertiary/aromatic N) is 1. The largest absolute Gasteiger partial charge is 0.318 e. The van der Waals surface area contributed by atoms with E-state index in [0.717, 1.165) is 41.9 Å². The number of amides is 1. The van der Waals surface area contributed by atoms with Crippen LogP contribution in [0, 0.1) is 5.92 Å². The van der Waals surface area contributed by atoms with Gasteiger partial charge in [-0.2, -0.15) is 0 Å². The molecule has 1 saturated heterocycles. The first-order valence-electron chi connectivity index (χ1n) is 10.4. The van der Waals surface area contributed by atoms with Gasteiger partial charge in [0, 0.05) is 22.4 Å². The molecule has 1 aromatic carbocycles. The number of piperidine rings is 1. The lowest BCUT2D eigenvalue weighted by atomic mass is 9.87. The van der Waals surface area contributed by atoms with Crippen LogP contribution in [-0.4, -0.2) is 23.9 Å². The molecule has 1 aromatic heterocycles. The minimum Gasteiger partial charge on any atom is -0.318 e. The van der Waals surface area contributed by atoms with E-state index in [1.54, 1.807) is 18.3 Å². The molecule has 0 saturated carbocycles. The molecular weight excluding hydrogens is 388 g/mol. The second-order valence-electron chi connectivity index (χ2n) is 8.31. The van der Waals surface area contributed by atoms with E-state index in [1.807, 2.05) is 12.1 Å². The highest BCUT2D eigenvalue weighted by atomic mass is 35.5. The fourth-order valence-corrected chi connectivity index (χ4v) is 6.12. The van der Waals surface area contributed by atoms with Crippen molar-refractivity contribution >= 4 is 33.8 Å². The van der Waals surface area contributed by atoms with Gasteiger partial charge >= 0.3 is 0 Å². The Kier molecular flexibility index (Phi) is 6.10. The van der Waals surface area contributed by atoms with E-state index in [4.69, 9.17) is 11.6 Å². The standard InChI is InChI=1S/C23H29ClN2OS/c1-15-11-13-26(14-12-15)22(17-7-9-18(24)10-8-17)21-19-5-3-4-6-20(19)28-23(21)25-16(2)27/h7-10,15,22H,3-6,11-14H2,1-2H3,(H,25,27). The third kappa shape index (κ3) is 4.14. The molecule has 1 amide bonds. The SMILES string of the molecule is CC(=O)Nc1sc2c(c1C(c1ccc(Cl)cc1)N1CCC(C)CC1)CCCC2. The first kappa shape index (κ1) is 19.9. The first-order valence-corrected chi connectivity index (χ1v) is 11.6. The maximum absolute atomic E-state index is 12.0. The van der Waals surface area contributed by atoms with Gasteiger partial charge < -0.3 is 5.32 Å². The number of hydrogen-bond acceptors (Lipinski definition) is 3. The van der Waals surface area contributed by atoms with Crippen molar-refractivity contribution in [3.63, 3.8) is 0 Å². The molecule has 5 heteroatoms. The van der Waals surface area contributed by atoms with Crippen LogP contribution in [0.5, 0.6) is 0 Å². The molecule has 0 bridgehead atoms. The van der Waals surface area contributed by atoms with Crippen LogP contribution in [0.25, 0.3) is 0 Å². The number of benzene rings is 1. The molecule has 1 aliphatic heterocycles. The highest BCUT2D eigenvalue weighted by Gasteiger charge is 2.33. The van der Waals surface area contributed by atoms with Gasteiger partial charge in [-0.05, 0) is 80.8 Å². The second-order valence-corrected chi connectivity index (χ2v) is 9.85. The highest BCUT2D eigenvalue weighted by molar-refractivity contribution is 7.16. The zero-order valence-electron chi connectivity index (χ0n) is 16.8. The Labute approximate surface area is 177 Å². The zero-order chi connectivity index (χ0) is 19.7. The Balaban J connectivity index is 1.82. The molecule has 2 aromatic rings. The monoisotopic (exact) mass is 416 g/mol. The van der Waals surface area contributed by atoms with E-state index in [-0.39, 0.29) is 11.9 Å². The van der Waals surface area contributed by atoms with Crippen LogP contribution in [0.3, 0.4) is 0 Å². The molecule has 1 aliphatic carbocycles. The van der Waals surface area contributed by atoms with Gasteiger partial charge in [0.25, 0.3) is 0 Å². The van der Waals surface area contributed by atoms with Crippen molar-refractivity contribution in [3.05, 3.63) is 50.9 Å². The van der Waals surface area contributed by atoms with Crippen molar-refractivity contribution < 1.29 is 4.79 Å². The average Bonchev–Trinajstić information content (AvgIpc) is 3.02. The first-order chi connectivity index (χ1) is 13.5. The lowest BCUT2D eigenvalue weighted by Gasteiger charge is -2.38. The predicted molar refractivity (Wildman–Crippen MR) is 119 cm³/mol.